The van der Waals surface area contributed by atoms with Crippen LogP contribution in [0.3, 0.4) is 0 Å². The summed E-state index contributed by atoms with van der Waals surface area (Å²) in [5.74, 6) is 0. The molecule has 0 aliphatic rings. The lowest BCUT2D eigenvalue weighted by molar-refractivity contribution is 0.339. The van der Waals surface area contributed by atoms with Gasteiger partial charge in [0, 0.05) is 48.7 Å². The van der Waals surface area contributed by atoms with Crippen LogP contribution in [0.5, 0.6) is 0 Å². The average molecular weight is 248 g/mol. The van der Waals surface area contributed by atoms with Gasteiger partial charge in [0.25, 0.3) is 0 Å². The molecule has 0 aromatic carbocycles. The lowest BCUT2D eigenvalue weighted by atomic mass is 10.3. The summed E-state index contributed by atoms with van der Waals surface area (Å²) in [5.41, 5.74) is 6.59. The zero-order valence-electron chi connectivity index (χ0n) is 9.84. The Balaban J connectivity index is 2.06. The summed E-state index contributed by atoms with van der Waals surface area (Å²) in [6.45, 7) is 2.49. The minimum atomic E-state index is 0.685. The molecule has 0 aliphatic carbocycles. The third kappa shape index (κ3) is 3.33. The molecule has 0 saturated heterocycles. The molecular weight excluding hydrogens is 232 g/mol. The highest BCUT2D eigenvalue weighted by molar-refractivity contribution is 7.15. The number of nitrogens with two attached hydrogens (primary N) is 1. The second kappa shape index (κ2) is 5.86. The molecule has 90 valence electrons. The summed E-state index contributed by atoms with van der Waals surface area (Å²) in [6, 6.07) is 3.95. The summed E-state index contributed by atoms with van der Waals surface area (Å²) < 4.78 is 0. The van der Waals surface area contributed by atoms with Gasteiger partial charge in [0.15, 0.2) is 0 Å². The third-order valence-corrected chi connectivity index (χ3v) is 3.43. The van der Waals surface area contributed by atoms with Gasteiger partial charge in [-0.25, -0.2) is 4.98 Å². The van der Waals surface area contributed by atoms with Crippen molar-refractivity contribution in [3.63, 3.8) is 0 Å². The minimum absolute atomic E-state index is 0.685. The van der Waals surface area contributed by atoms with Gasteiger partial charge < -0.3 is 5.73 Å². The van der Waals surface area contributed by atoms with Gasteiger partial charge in [-0.1, -0.05) is 0 Å². The van der Waals surface area contributed by atoms with E-state index in [1.165, 1.54) is 4.88 Å². The van der Waals surface area contributed by atoms with Crippen LogP contribution in [0.4, 0.5) is 0 Å². The van der Waals surface area contributed by atoms with Crippen LogP contribution in [0.2, 0.25) is 0 Å². The van der Waals surface area contributed by atoms with Crippen molar-refractivity contribution < 1.29 is 0 Å². The van der Waals surface area contributed by atoms with E-state index >= 15 is 0 Å². The van der Waals surface area contributed by atoms with Crippen molar-refractivity contribution in [1.82, 2.24) is 14.9 Å². The lowest BCUT2D eigenvalue weighted by Crippen LogP contribution is -2.24. The van der Waals surface area contributed by atoms with Crippen LogP contribution in [0.25, 0.3) is 10.6 Å². The van der Waals surface area contributed by atoms with Crippen LogP contribution in [-0.4, -0.2) is 35.0 Å². The fourth-order valence-electron chi connectivity index (χ4n) is 1.57. The van der Waals surface area contributed by atoms with E-state index in [0.717, 1.165) is 23.7 Å². The van der Waals surface area contributed by atoms with Gasteiger partial charge in [0.05, 0.1) is 0 Å². The van der Waals surface area contributed by atoms with E-state index in [9.17, 15) is 0 Å². The maximum Gasteiger partial charge on any atom is 0.125 e. The molecule has 2 heterocycles. The normalized spacial score (nSPS) is 11.0. The molecular formula is C12H16N4S. The Bertz CT molecular complexity index is 455. The molecule has 0 amide bonds. The van der Waals surface area contributed by atoms with E-state index in [-0.39, 0.29) is 0 Å². The number of rotatable bonds is 5. The minimum Gasteiger partial charge on any atom is -0.329 e. The lowest BCUT2D eigenvalue weighted by Gasteiger charge is -2.12. The van der Waals surface area contributed by atoms with Crippen molar-refractivity contribution in [3.05, 3.63) is 35.6 Å². The van der Waals surface area contributed by atoms with Gasteiger partial charge in [-0.2, -0.15) is 0 Å². The van der Waals surface area contributed by atoms with E-state index in [1.54, 1.807) is 17.5 Å². The first-order valence-electron chi connectivity index (χ1n) is 5.53. The molecule has 5 heteroatoms. The first kappa shape index (κ1) is 12.2. The molecule has 2 aromatic rings. The maximum absolute atomic E-state index is 5.52. The van der Waals surface area contributed by atoms with E-state index in [2.05, 4.69) is 21.9 Å². The number of hydrogen-bond acceptors (Lipinski definition) is 5. The zero-order valence-corrected chi connectivity index (χ0v) is 10.7. The van der Waals surface area contributed by atoms with Crippen LogP contribution < -0.4 is 5.73 Å². The number of pyridine rings is 1. The molecule has 4 nitrogen and oxygen atoms in total. The van der Waals surface area contributed by atoms with Crippen molar-refractivity contribution in [2.45, 2.75) is 6.54 Å². The molecule has 0 radical (unpaired) electrons. The number of likely N-dealkylation sites (N-methyl/N-ethyl adjacent to an activating group) is 1. The highest BCUT2D eigenvalue weighted by Gasteiger charge is 2.06. The first-order valence-corrected chi connectivity index (χ1v) is 6.35. The molecule has 2 aromatic heterocycles. The van der Waals surface area contributed by atoms with Gasteiger partial charge in [-0.3, -0.25) is 9.88 Å². The molecule has 0 fully saturated rings. The summed E-state index contributed by atoms with van der Waals surface area (Å²) >= 11 is 1.71. The fraction of sp³-hybridized carbons (Fsp3) is 0.333. The van der Waals surface area contributed by atoms with Gasteiger partial charge in [-0.05, 0) is 19.2 Å². The highest BCUT2D eigenvalue weighted by atomic mass is 32.1. The average Bonchev–Trinajstić information content (AvgIpc) is 2.79. The van der Waals surface area contributed by atoms with Crippen LogP contribution >= 0.6 is 11.3 Å². The predicted molar refractivity (Wildman–Crippen MR) is 70.7 cm³/mol. The first-order chi connectivity index (χ1) is 8.29. The summed E-state index contributed by atoms with van der Waals surface area (Å²) in [4.78, 5) is 12.0. The largest absolute Gasteiger partial charge is 0.329 e. The molecule has 2 N–H and O–H groups in total. The number of nitrogens with zero attached hydrogens (tertiary/aromatic N) is 3. The Kier molecular flexibility index (Phi) is 4.19. The van der Waals surface area contributed by atoms with Crippen LogP contribution in [0, 0.1) is 0 Å². The Morgan fingerprint density at radius 1 is 1.41 bits per heavy atom. The Hall–Kier alpha value is -1.30. The molecule has 0 unspecified atom stereocenters. The molecule has 2 rings (SSSR count). The maximum atomic E-state index is 5.52. The highest BCUT2D eigenvalue weighted by Crippen LogP contribution is 2.24. The molecule has 0 saturated carbocycles. The molecule has 0 aliphatic heterocycles. The smallest absolute Gasteiger partial charge is 0.125 e. The third-order valence-electron chi connectivity index (χ3n) is 2.40. The van der Waals surface area contributed by atoms with Gasteiger partial charge in [0.2, 0.25) is 0 Å². The number of hydrogen-bond donors (Lipinski definition) is 1. The van der Waals surface area contributed by atoms with Crippen molar-refractivity contribution in [2.24, 2.45) is 5.73 Å². The number of thiazole rings is 1. The standard InChI is InChI=1S/C12H16N4S/c1-16(6-4-13)9-11-8-15-12(17-11)10-3-2-5-14-7-10/h2-3,5,7-8H,4,6,9,13H2,1H3. The van der Waals surface area contributed by atoms with Gasteiger partial charge >= 0.3 is 0 Å². The monoisotopic (exact) mass is 248 g/mol. The predicted octanol–water partition coefficient (Wildman–Crippen LogP) is 1.60. The number of aromatic nitrogens is 2. The molecule has 0 spiro atoms. The van der Waals surface area contributed by atoms with Crippen molar-refractivity contribution in [2.75, 3.05) is 20.1 Å². The quantitative estimate of drug-likeness (QED) is 0.873. The summed E-state index contributed by atoms with van der Waals surface area (Å²) in [7, 11) is 2.07. The van der Waals surface area contributed by atoms with Gasteiger partial charge in [-0.15, -0.1) is 11.3 Å². The van der Waals surface area contributed by atoms with Crippen molar-refractivity contribution in [3.8, 4) is 10.6 Å². The van der Waals surface area contributed by atoms with Crippen LogP contribution in [0.15, 0.2) is 30.7 Å². The van der Waals surface area contributed by atoms with E-state index in [1.807, 2.05) is 24.5 Å². The molecule has 0 bridgehead atoms. The Morgan fingerprint density at radius 2 is 2.29 bits per heavy atom. The van der Waals surface area contributed by atoms with Crippen LogP contribution in [0.1, 0.15) is 4.88 Å². The topological polar surface area (TPSA) is 55.0 Å². The molecule has 17 heavy (non-hydrogen) atoms. The second-order valence-electron chi connectivity index (χ2n) is 3.90. The van der Waals surface area contributed by atoms with Crippen LogP contribution in [-0.2, 0) is 6.54 Å². The van der Waals surface area contributed by atoms with Crippen molar-refractivity contribution in [1.29, 1.82) is 0 Å². The van der Waals surface area contributed by atoms with E-state index < -0.39 is 0 Å². The van der Waals surface area contributed by atoms with E-state index in [0.29, 0.717) is 6.54 Å². The van der Waals surface area contributed by atoms with E-state index in [4.69, 9.17) is 5.73 Å². The Labute approximate surface area is 105 Å². The summed E-state index contributed by atoms with van der Waals surface area (Å²) in [5, 5.41) is 1.02. The Morgan fingerprint density at radius 3 is 3.00 bits per heavy atom. The van der Waals surface area contributed by atoms with Gasteiger partial charge in [0.1, 0.15) is 5.01 Å². The van der Waals surface area contributed by atoms with Crippen molar-refractivity contribution >= 4 is 11.3 Å². The summed E-state index contributed by atoms with van der Waals surface area (Å²) in [6.07, 6.45) is 5.54. The molecule has 0 atom stereocenters. The second-order valence-corrected chi connectivity index (χ2v) is 5.02. The fourth-order valence-corrected chi connectivity index (χ4v) is 2.55. The SMILES string of the molecule is CN(CCN)Cc1cnc(-c2cccnc2)s1. The zero-order chi connectivity index (χ0) is 12.1.